The molecular formula is C9H12BrNO. The largest absolute Gasteiger partial charge is 0.348 e. The number of nitrogens with zero attached hydrogens (tertiary/aromatic N) is 1. The third kappa shape index (κ3) is 1.78. The molecule has 1 aromatic heterocycles. The van der Waals surface area contributed by atoms with E-state index in [1.165, 1.54) is 0 Å². The Morgan fingerprint density at radius 3 is 2.83 bits per heavy atom. The summed E-state index contributed by atoms with van der Waals surface area (Å²) in [7, 11) is 1.88. The number of hydrogen-bond donors (Lipinski definition) is 0. The zero-order valence-corrected chi connectivity index (χ0v) is 8.84. The highest BCUT2D eigenvalue weighted by molar-refractivity contribution is 9.10. The highest BCUT2D eigenvalue weighted by Gasteiger charge is 2.16. The fraction of sp³-hybridized carbons (Fsp3) is 0.444. The van der Waals surface area contributed by atoms with Gasteiger partial charge in [0.1, 0.15) is 0 Å². The molecule has 1 aromatic rings. The van der Waals surface area contributed by atoms with E-state index in [9.17, 15) is 4.79 Å². The number of rotatable bonds is 3. The van der Waals surface area contributed by atoms with Gasteiger partial charge < -0.3 is 4.57 Å². The molecule has 1 atom stereocenters. The minimum atomic E-state index is -0.0499. The fourth-order valence-electron chi connectivity index (χ4n) is 1.06. The highest BCUT2D eigenvalue weighted by atomic mass is 79.9. The van der Waals surface area contributed by atoms with E-state index in [1.54, 1.807) is 0 Å². The molecule has 1 rings (SSSR count). The van der Waals surface area contributed by atoms with Gasteiger partial charge in [-0.25, -0.2) is 0 Å². The smallest absolute Gasteiger partial charge is 0.192 e. The van der Waals surface area contributed by atoms with E-state index in [2.05, 4.69) is 15.9 Å². The molecule has 0 aliphatic rings. The molecule has 0 fully saturated rings. The molecule has 0 amide bonds. The van der Waals surface area contributed by atoms with Crippen LogP contribution in [0.1, 0.15) is 23.8 Å². The molecule has 66 valence electrons. The van der Waals surface area contributed by atoms with Gasteiger partial charge in [-0.2, -0.15) is 0 Å². The van der Waals surface area contributed by atoms with Crippen LogP contribution in [0.5, 0.6) is 0 Å². The van der Waals surface area contributed by atoms with Gasteiger partial charge in [0.05, 0.1) is 10.5 Å². The molecule has 1 unspecified atom stereocenters. The Balaban J connectivity index is 2.85. The van der Waals surface area contributed by atoms with Crippen molar-refractivity contribution in [3.05, 3.63) is 24.0 Å². The maximum absolute atomic E-state index is 11.6. The Morgan fingerprint density at radius 1 is 1.75 bits per heavy atom. The van der Waals surface area contributed by atoms with E-state index in [0.29, 0.717) is 0 Å². The van der Waals surface area contributed by atoms with Gasteiger partial charge in [0.15, 0.2) is 5.78 Å². The number of halogens is 1. The maximum Gasteiger partial charge on any atom is 0.192 e. The van der Waals surface area contributed by atoms with Crippen LogP contribution in [0.25, 0.3) is 0 Å². The predicted molar refractivity (Wildman–Crippen MR) is 52.7 cm³/mol. The summed E-state index contributed by atoms with van der Waals surface area (Å²) in [6.45, 7) is 1.99. The van der Waals surface area contributed by atoms with Crippen molar-refractivity contribution in [2.75, 3.05) is 0 Å². The van der Waals surface area contributed by atoms with Crippen molar-refractivity contribution in [3.8, 4) is 0 Å². The van der Waals surface area contributed by atoms with Crippen LogP contribution in [-0.4, -0.2) is 15.2 Å². The minimum Gasteiger partial charge on any atom is -0.348 e. The van der Waals surface area contributed by atoms with Gasteiger partial charge in [-0.05, 0) is 18.6 Å². The monoisotopic (exact) mass is 229 g/mol. The molecule has 12 heavy (non-hydrogen) atoms. The molecule has 0 N–H and O–H groups in total. The van der Waals surface area contributed by atoms with Crippen LogP contribution >= 0.6 is 15.9 Å². The summed E-state index contributed by atoms with van der Waals surface area (Å²) in [5.41, 5.74) is 0.763. The van der Waals surface area contributed by atoms with Gasteiger partial charge in [-0.15, -0.1) is 0 Å². The van der Waals surface area contributed by atoms with Gasteiger partial charge in [0.2, 0.25) is 0 Å². The summed E-state index contributed by atoms with van der Waals surface area (Å²) < 4.78 is 1.84. The third-order valence-corrected chi connectivity index (χ3v) is 2.90. The Hall–Kier alpha value is -0.570. The zero-order chi connectivity index (χ0) is 9.14. The second-order valence-electron chi connectivity index (χ2n) is 2.74. The molecule has 0 bridgehead atoms. The Morgan fingerprint density at radius 2 is 2.42 bits per heavy atom. The standard InChI is InChI=1S/C9H12BrNO/c1-3-7(10)9(12)8-5-4-6-11(8)2/h4-7H,3H2,1-2H3. The summed E-state index contributed by atoms with van der Waals surface area (Å²) in [6.07, 6.45) is 2.70. The lowest BCUT2D eigenvalue weighted by atomic mass is 10.2. The van der Waals surface area contributed by atoms with Crippen LogP contribution in [0, 0.1) is 0 Å². The minimum absolute atomic E-state index is 0.0499. The van der Waals surface area contributed by atoms with Crippen LogP contribution in [0.15, 0.2) is 18.3 Å². The summed E-state index contributed by atoms with van der Waals surface area (Å²) in [4.78, 5) is 11.5. The summed E-state index contributed by atoms with van der Waals surface area (Å²) in [6, 6.07) is 3.72. The quantitative estimate of drug-likeness (QED) is 0.577. The average Bonchev–Trinajstić information content (AvgIpc) is 2.48. The van der Waals surface area contributed by atoms with Crippen LogP contribution in [-0.2, 0) is 7.05 Å². The third-order valence-electron chi connectivity index (χ3n) is 1.84. The molecule has 0 spiro atoms. The van der Waals surface area contributed by atoms with Gasteiger partial charge in [0.25, 0.3) is 0 Å². The highest BCUT2D eigenvalue weighted by Crippen LogP contribution is 2.12. The average molecular weight is 230 g/mol. The van der Waals surface area contributed by atoms with E-state index in [1.807, 2.05) is 36.9 Å². The summed E-state index contributed by atoms with van der Waals surface area (Å²) >= 11 is 3.33. The number of carbonyl (C=O) groups excluding carboxylic acids is 1. The van der Waals surface area contributed by atoms with E-state index in [0.717, 1.165) is 12.1 Å². The molecule has 0 saturated carbocycles. The molecule has 0 radical (unpaired) electrons. The predicted octanol–water partition coefficient (Wildman–Crippen LogP) is 2.38. The van der Waals surface area contributed by atoms with Crippen molar-refractivity contribution in [1.82, 2.24) is 4.57 Å². The second kappa shape index (κ2) is 3.90. The van der Waals surface area contributed by atoms with Crippen LogP contribution in [0.3, 0.4) is 0 Å². The number of carbonyl (C=O) groups is 1. The first-order valence-corrected chi connectivity index (χ1v) is 4.88. The van der Waals surface area contributed by atoms with Gasteiger partial charge in [-0.3, -0.25) is 4.79 Å². The number of Topliss-reactive ketones (excluding diaryl/α,β-unsaturated/α-hetero) is 1. The number of hydrogen-bond acceptors (Lipinski definition) is 1. The van der Waals surface area contributed by atoms with Gasteiger partial charge in [0, 0.05) is 13.2 Å². The molecule has 0 aromatic carbocycles. The van der Waals surface area contributed by atoms with Gasteiger partial charge in [-0.1, -0.05) is 22.9 Å². The molecule has 0 aliphatic carbocycles. The van der Waals surface area contributed by atoms with Crippen LogP contribution in [0.4, 0.5) is 0 Å². The molecule has 0 saturated heterocycles. The van der Waals surface area contributed by atoms with Crippen LogP contribution < -0.4 is 0 Å². The van der Waals surface area contributed by atoms with Crippen molar-refractivity contribution in [2.24, 2.45) is 7.05 Å². The molecule has 1 heterocycles. The van der Waals surface area contributed by atoms with Crippen LogP contribution in [0.2, 0.25) is 0 Å². The molecule has 2 nitrogen and oxygen atoms in total. The second-order valence-corrected chi connectivity index (χ2v) is 3.85. The van der Waals surface area contributed by atoms with Crippen molar-refractivity contribution in [3.63, 3.8) is 0 Å². The number of alkyl halides is 1. The van der Waals surface area contributed by atoms with E-state index in [4.69, 9.17) is 0 Å². The summed E-state index contributed by atoms with van der Waals surface area (Å²) in [5.74, 6) is 0.157. The SMILES string of the molecule is CCC(Br)C(=O)c1cccn1C. The first kappa shape index (κ1) is 9.52. The Bertz CT molecular complexity index is 280. The number of aryl methyl sites for hydroxylation is 1. The Kier molecular flexibility index (Phi) is 3.09. The molecule has 3 heteroatoms. The van der Waals surface area contributed by atoms with Crippen molar-refractivity contribution in [2.45, 2.75) is 18.2 Å². The molecule has 0 aliphatic heterocycles. The normalized spacial score (nSPS) is 12.9. The molecular weight excluding hydrogens is 218 g/mol. The van der Waals surface area contributed by atoms with E-state index < -0.39 is 0 Å². The van der Waals surface area contributed by atoms with E-state index in [-0.39, 0.29) is 10.6 Å². The van der Waals surface area contributed by atoms with Crippen molar-refractivity contribution < 1.29 is 4.79 Å². The zero-order valence-electron chi connectivity index (χ0n) is 7.25. The maximum atomic E-state index is 11.6. The Labute approximate surface area is 80.7 Å². The van der Waals surface area contributed by atoms with Crippen molar-refractivity contribution in [1.29, 1.82) is 0 Å². The van der Waals surface area contributed by atoms with Gasteiger partial charge >= 0.3 is 0 Å². The number of ketones is 1. The number of aromatic nitrogens is 1. The lowest BCUT2D eigenvalue weighted by Gasteiger charge is -2.05. The summed E-state index contributed by atoms with van der Waals surface area (Å²) in [5, 5.41) is 0. The van der Waals surface area contributed by atoms with E-state index >= 15 is 0 Å². The fourth-order valence-corrected chi connectivity index (χ4v) is 1.30. The lowest BCUT2D eigenvalue weighted by molar-refractivity contribution is 0.0982. The first-order chi connectivity index (χ1) is 5.66. The topological polar surface area (TPSA) is 22.0 Å². The lowest BCUT2D eigenvalue weighted by Crippen LogP contribution is -2.15. The first-order valence-electron chi connectivity index (χ1n) is 3.96. The van der Waals surface area contributed by atoms with Crippen molar-refractivity contribution >= 4 is 21.7 Å².